The van der Waals surface area contributed by atoms with Gasteiger partial charge in [-0.25, -0.2) is 4.79 Å². The SMILES string of the molecule is C=CC[C@@H]1/C=C(\C)C[C@H](C)C[C@H](OC)[C@H]2O[C@@](O)(C(=O)C(=O)N3CCCC[C@H]3C(=O)O[C@H](/C(C)=C/[C@@H]3CC[C@@H](O)[C@H](OC)C3)[C@H](C)C(=O)CC1=O)[C@H](C)C[C@@H]2OC. The minimum atomic E-state index is -2.52. The molecule has 13 atom stereocenters. The van der Waals surface area contributed by atoms with Gasteiger partial charge in [-0.2, -0.15) is 0 Å². The summed E-state index contributed by atoms with van der Waals surface area (Å²) in [6, 6.07) is -1.17. The highest BCUT2D eigenvalue weighted by molar-refractivity contribution is 6.39. The normalized spacial score (nSPS) is 39.7. The summed E-state index contributed by atoms with van der Waals surface area (Å²) in [4.78, 5) is 71.7. The van der Waals surface area contributed by atoms with Crippen molar-refractivity contribution in [2.45, 2.75) is 154 Å². The molecule has 13 heteroatoms. The number of methoxy groups -OCH3 is 3. The highest BCUT2D eigenvalue weighted by atomic mass is 16.7. The van der Waals surface area contributed by atoms with Gasteiger partial charge in [-0.3, -0.25) is 19.2 Å². The number of hydrogen-bond acceptors (Lipinski definition) is 12. The Hall–Kier alpha value is -3.07. The zero-order valence-corrected chi connectivity index (χ0v) is 35.3. The van der Waals surface area contributed by atoms with Crippen LogP contribution in [0.3, 0.4) is 0 Å². The highest BCUT2D eigenvalue weighted by Gasteiger charge is 2.56. The maximum absolute atomic E-state index is 14.3. The van der Waals surface area contributed by atoms with Crippen LogP contribution in [-0.4, -0.2) is 121 Å². The van der Waals surface area contributed by atoms with E-state index in [0.29, 0.717) is 56.9 Å². The molecule has 13 nitrogen and oxygen atoms in total. The number of piperidine rings is 1. The van der Waals surface area contributed by atoms with E-state index in [9.17, 15) is 34.2 Å². The van der Waals surface area contributed by atoms with E-state index in [1.165, 1.54) is 14.2 Å². The number of ether oxygens (including phenoxy) is 5. The van der Waals surface area contributed by atoms with Gasteiger partial charge in [-0.1, -0.05) is 44.6 Å². The van der Waals surface area contributed by atoms with Gasteiger partial charge in [0.15, 0.2) is 0 Å². The van der Waals surface area contributed by atoms with Crippen LogP contribution in [-0.2, 0) is 47.7 Å². The number of hydrogen-bond donors (Lipinski definition) is 2. The zero-order chi connectivity index (χ0) is 42.2. The summed E-state index contributed by atoms with van der Waals surface area (Å²) in [5.74, 6) is -8.66. The van der Waals surface area contributed by atoms with Gasteiger partial charge < -0.3 is 38.8 Å². The van der Waals surface area contributed by atoms with Gasteiger partial charge in [-0.05, 0) is 95.5 Å². The van der Waals surface area contributed by atoms with E-state index in [1.807, 2.05) is 26.0 Å². The molecule has 57 heavy (non-hydrogen) atoms. The predicted molar refractivity (Wildman–Crippen MR) is 212 cm³/mol. The summed E-state index contributed by atoms with van der Waals surface area (Å²) in [6.45, 7) is 12.9. The fourth-order valence-corrected chi connectivity index (χ4v) is 9.29. The van der Waals surface area contributed by atoms with Crippen molar-refractivity contribution in [2.24, 2.45) is 29.6 Å². The first-order valence-corrected chi connectivity index (χ1v) is 20.7. The molecular weight excluding hydrogens is 734 g/mol. The van der Waals surface area contributed by atoms with Crippen LogP contribution in [0.1, 0.15) is 105 Å². The Bertz CT molecular complexity index is 1520. The van der Waals surface area contributed by atoms with Gasteiger partial charge >= 0.3 is 5.97 Å². The van der Waals surface area contributed by atoms with Crippen molar-refractivity contribution in [3.05, 3.63) is 36.0 Å². The zero-order valence-electron chi connectivity index (χ0n) is 35.3. The fourth-order valence-electron chi connectivity index (χ4n) is 9.29. The summed E-state index contributed by atoms with van der Waals surface area (Å²) in [5, 5.41) is 22.4. The number of rotatable bonds is 7. The lowest BCUT2D eigenvalue weighted by atomic mass is 9.82. The first kappa shape index (κ1) is 46.6. The smallest absolute Gasteiger partial charge is 0.329 e. The van der Waals surface area contributed by atoms with Gasteiger partial charge in [0.2, 0.25) is 5.79 Å². The number of cyclic esters (lactones) is 1. The number of fused-ring (bicyclic) bond motifs is 3. The second kappa shape index (κ2) is 20.8. The van der Waals surface area contributed by atoms with Crippen molar-refractivity contribution in [3.63, 3.8) is 0 Å². The van der Waals surface area contributed by atoms with Gasteiger partial charge in [0.05, 0.1) is 36.8 Å². The molecule has 0 aromatic rings. The fraction of sp³-hybridized carbons (Fsp3) is 0.750. The van der Waals surface area contributed by atoms with Crippen molar-refractivity contribution in [3.8, 4) is 0 Å². The molecule has 1 saturated carbocycles. The van der Waals surface area contributed by atoms with Crippen molar-refractivity contribution in [1.29, 1.82) is 0 Å². The van der Waals surface area contributed by atoms with Crippen LogP contribution in [0.4, 0.5) is 0 Å². The average molecular weight is 802 g/mol. The molecule has 320 valence electrons. The quantitative estimate of drug-likeness (QED) is 0.155. The Morgan fingerprint density at radius 3 is 2.26 bits per heavy atom. The van der Waals surface area contributed by atoms with Crippen molar-refractivity contribution in [1.82, 2.24) is 4.90 Å². The number of aliphatic hydroxyl groups is 2. The third-order valence-electron chi connectivity index (χ3n) is 12.7. The van der Waals surface area contributed by atoms with E-state index in [4.69, 9.17) is 23.7 Å². The molecule has 4 aliphatic rings. The van der Waals surface area contributed by atoms with Gasteiger partial charge in [0, 0.05) is 39.7 Å². The number of Topliss-reactive ketones (excluding diaryl/α,β-unsaturated/α-hetero) is 3. The van der Waals surface area contributed by atoms with Gasteiger partial charge in [0.25, 0.3) is 11.7 Å². The highest BCUT2D eigenvalue weighted by Crippen LogP contribution is 2.39. The minimum Gasteiger partial charge on any atom is -0.456 e. The molecule has 0 radical (unpaired) electrons. The topological polar surface area (TPSA) is 175 Å². The molecule has 2 bridgehead atoms. The molecule has 2 saturated heterocycles. The first-order chi connectivity index (χ1) is 27.0. The molecule has 3 heterocycles. The van der Waals surface area contributed by atoms with Crippen molar-refractivity contribution in [2.75, 3.05) is 27.9 Å². The Morgan fingerprint density at radius 2 is 1.61 bits per heavy atom. The molecule has 4 rings (SSSR count). The lowest BCUT2D eigenvalue weighted by Crippen LogP contribution is -2.64. The third kappa shape index (κ3) is 11.2. The van der Waals surface area contributed by atoms with Gasteiger partial charge in [-0.15, -0.1) is 6.58 Å². The van der Waals surface area contributed by atoms with E-state index < -0.39 is 83.5 Å². The largest absolute Gasteiger partial charge is 0.456 e. The van der Waals surface area contributed by atoms with Crippen LogP contribution in [0, 0.1) is 29.6 Å². The standard InChI is InChI=1S/C44H67NO12/c1-10-13-31-19-25(2)18-26(3)20-37(54-8)40-38(55-9)22-28(5)44(52,57-40)41(49)42(50)45-17-12-11-14-32(45)43(51)56-39(29(6)34(47)24-35(31)48)27(4)21-30-15-16-33(46)36(23-30)53-7/h10,19,21,26,28-33,36-40,46,52H,1,11-18,20,22-24H2,2-9H3/b25-19+,27-21+/t26-,28+,29+,30-,31+,32-,33+,36+,37-,38-,39+,40+,44+/m0/s1. The molecular formula is C44H67NO12. The summed E-state index contributed by atoms with van der Waals surface area (Å²) in [7, 11) is 4.59. The number of esters is 1. The van der Waals surface area contributed by atoms with Crippen LogP contribution < -0.4 is 0 Å². The summed E-state index contributed by atoms with van der Waals surface area (Å²) in [5.41, 5.74) is 1.52. The maximum Gasteiger partial charge on any atom is 0.329 e. The second-order valence-electron chi connectivity index (χ2n) is 17.1. The van der Waals surface area contributed by atoms with E-state index in [1.54, 1.807) is 34.0 Å². The number of amides is 1. The van der Waals surface area contributed by atoms with Crippen LogP contribution >= 0.6 is 0 Å². The Balaban J connectivity index is 1.78. The monoisotopic (exact) mass is 801 g/mol. The summed E-state index contributed by atoms with van der Waals surface area (Å²) < 4.78 is 29.6. The first-order valence-electron chi connectivity index (χ1n) is 20.7. The van der Waals surface area contributed by atoms with Gasteiger partial charge in [0.1, 0.15) is 29.8 Å². The maximum atomic E-state index is 14.3. The van der Waals surface area contributed by atoms with E-state index in [0.717, 1.165) is 10.5 Å². The van der Waals surface area contributed by atoms with E-state index in [-0.39, 0.29) is 49.5 Å². The second-order valence-corrected chi connectivity index (χ2v) is 17.1. The van der Waals surface area contributed by atoms with Crippen LogP contribution in [0.5, 0.6) is 0 Å². The molecule has 0 aromatic carbocycles. The molecule has 0 spiro atoms. The number of aliphatic hydroxyl groups excluding tert-OH is 1. The van der Waals surface area contributed by atoms with Crippen LogP contribution in [0.2, 0.25) is 0 Å². The Morgan fingerprint density at radius 1 is 0.947 bits per heavy atom. The summed E-state index contributed by atoms with van der Waals surface area (Å²) >= 11 is 0. The number of allylic oxidation sites excluding steroid dienone is 4. The Labute approximate surface area is 338 Å². The van der Waals surface area contributed by atoms with Crippen molar-refractivity contribution < 1.29 is 57.9 Å². The lowest BCUT2D eigenvalue weighted by molar-refractivity contribution is -0.302. The Kier molecular flexibility index (Phi) is 17.0. The molecule has 2 N–H and O–H groups in total. The molecule has 3 fully saturated rings. The molecule has 1 amide bonds. The number of carbonyl (C=O) groups excluding carboxylic acids is 5. The summed E-state index contributed by atoms with van der Waals surface area (Å²) in [6.07, 6.45) is 5.45. The average Bonchev–Trinajstić information content (AvgIpc) is 3.18. The van der Waals surface area contributed by atoms with Crippen LogP contribution in [0.15, 0.2) is 36.0 Å². The van der Waals surface area contributed by atoms with E-state index in [2.05, 4.69) is 6.58 Å². The van der Waals surface area contributed by atoms with E-state index >= 15 is 0 Å². The minimum absolute atomic E-state index is 0.00767. The number of nitrogens with zero attached hydrogens (tertiary/aromatic N) is 1. The van der Waals surface area contributed by atoms with Crippen molar-refractivity contribution >= 4 is 29.2 Å². The number of carbonyl (C=O) groups is 5. The number of ketones is 3. The van der Waals surface area contributed by atoms with Crippen LogP contribution in [0.25, 0.3) is 0 Å². The molecule has 0 unspecified atom stereocenters. The molecule has 0 aromatic heterocycles. The third-order valence-corrected chi connectivity index (χ3v) is 12.7. The lowest BCUT2D eigenvalue weighted by Gasteiger charge is -2.47. The predicted octanol–water partition coefficient (Wildman–Crippen LogP) is 4.85. The molecule has 3 aliphatic heterocycles. The molecule has 1 aliphatic carbocycles.